The van der Waals surface area contributed by atoms with Crippen LogP contribution >= 0.6 is 0 Å². The fourth-order valence-corrected chi connectivity index (χ4v) is 1.97. The van der Waals surface area contributed by atoms with Crippen LogP contribution in [0.2, 0.25) is 0 Å². The maximum Gasteiger partial charge on any atom is 0.307 e. The van der Waals surface area contributed by atoms with Gasteiger partial charge >= 0.3 is 5.97 Å². The van der Waals surface area contributed by atoms with E-state index in [0.717, 1.165) is 0 Å². The Kier molecular flexibility index (Phi) is 3.50. The predicted octanol–water partition coefficient (Wildman–Crippen LogP) is 0.923. The van der Waals surface area contributed by atoms with Gasteiger partial charge in [0.05, 0.1) is 6.42 Å². The zero-order chi connectivity index (χ0) is 13.1. The molecular weight excluding hydrogens is 234 g/mol. The quantitative estimate of drug-likeness (QED) is 0.861. The molecule has 0 saturated carbocycles. The van der Waals surface area contributed by atoms with Crippen molar-refractivity contribution in [3.05, 3.63) is 29.8 Å². The van der Waals surface area contributed by atoms with Crippen LogP contribution in [-0.4, -0.2) is 41.6 Å². The van der Waals surface area contributed by atoms with Gasteiger partial charge in [0.2, 0.25) is 0 Å². The fraction of sp³-hybridized carbons (Fsp3) is 0.385. The van der Waals surface area contributed by atoms with E-state index in [1.807, 2.05) is 0 Å². The summed E-state index contributed by atoms with van der Waals surface area (Å²) in [7, 11) is 1.74. The molecule has 1 aromatic carbocycles. The molecule has 1 aliphatic rings. The summed E-state index contributed by atoms with van der Waals surface area (Å²) in [5.41, 5.74) is 0.666. The Hall–Kier alpha value is -2.04. The number of carboxylic acids is 1. The maximum absolute atomic E-state index is 11.7. The number of carbonyl (C=O) groups is 2. The highest BCUT2D eigenvalue weighted by Crippen LogP contribution is 2.20. The molecule has 5 heteroatoms. The number of amides is 1. The number of hydrogen-bond donors (Lipinski definition) is 1. The normalized spacial score (nSPS) is 19.1. The van der Waals surface area contributed by atoms with Gasteiger partial charge in [0.1, 0.15) is 5.75 Å². The van der Waals surface area contributed by atoms with E-state index in [1.165, 1.54) is 0 Å². The molecule has 1 aliphatic heterocycles. The van der Waals surface area contributed by atoms with Crippen molar-refractivity contribution in [2.75, 3.05) is 13.6 Å². The molecule has 96 valence electrons. The number of likely N-dealkylation sites (N-methyl/N-ethyl adjacent to an activating group) is 1. The number of ether oxygens (including phenoxy) is 1. The number of carbonyl (C=O) groups excluding carboxylic acids is 1. The molecule has 0 bridgehead atoms. The SMILES string of the molecule is CN1CCC(Oc2cccc(CC(=O)O)c2)C1=O. The van der Waals surface area contributed by atoms with Gasteiger partial charge in [0.15, 0.2) is 6.10 Å². The molecule has 1 amide bonds. The van der Waals surface area contributed by atoms with Crippen LogP contribution in [0.3, 0.4) is 0 Å². The zero-order valence-corrected chi connectivity index (χ0v) is 10.1. The standard InChI is InChI=1S/C13H15NO4/c1-14-6-5-11(13(14)17)18-10-4-2-3-9(7-10)8-12(15)16/h2-4,7,11H,5-6,8H2,1H3,(H,15,16). The third kappa shape index (κ3) is 2.80. The third-order valence-corrected chi connectivity index (χ3v) is 2.91. The van der Waals surface area contributed by atoms with E-state index in [2.05, 4.69) is 0 Å². The number of likely N-dealkylation sites (tertiary alicyclic amines) is 1. The smallest absolute Gasteiger partial charge is 0.307 e. The van der Waals surface area contributed by atoms with Crippen LogP contribution in [-0.2, 0) is 16.0 Å². The second-order valence-electron chi connectivity index (χ2n) is 4.37. The summed E-state index contributed by atoms with van der Waals surface area (Å²) in [6.45, 7) is 0.693. The van der Waals surface area contributed by atoms with E-state index in [4.69, 9.17) is 9.84 Å². The minimum absolute atomic E-state index is 0.0290. The average molecular weight is 249 g/mol. The lowest BCUT2D eigenvalue weighted by Gasteiger charge is -2.13. The van der Waals surface area contributed by atoms with Crippen molar-refractivity contribution in [3.8, 4) is 5.75 Å². The van der Waals surface area contributed by atoms with Gasteiger partial charge in [-0.25, -0.2) is 0 Å². The van der Waals surface area contributed by atoms with Gasteiger partial charge in [0, 0.05) is 20.0 Å². The van der Waals surface area contributed by atoms with Crippen molar-refractivity contribution in [2.45, 2.75) is 18.9 Å². The Balaban J connectivity index is 2.05. The van der Waals surface area contributed by atoms with E-state index in [9.17, 15) is 9.59 Å². The largest absolute Gasteiger partial charge is 0.481 e. The molecule has 2 rings (SSSR count). The lowest BCUT2D eigenvalue weighted by Crippen LogP contribution is -2.29. The second kappa shape index (κ2) is 5.08. The molecule has 1 atom stereocenters. The summed E-state index contributed by atoms with van der Waals surface area (Å²) in [6.07, 6.45) is 0.170. The Morgan fingerprint density at radius 1 is 1.56 bits per heavy atom. The van der Waals surface area contributed by atoms with Gasteiger partial charge in [-0.05, 0) is 17.7 Å². The molecule has 1 N–H and O–H groups in total. The molecule has 0 aliphatic carbocycles. The summed E-state index contributed by atoms with van der Waals surface area (Å²) in [5.74, 6) is -0.370. The van der Waals surface area contributed by atoms with Gasteiger partial charge in [-0.1, -0.05) is 12.1 Å². The Morgan fingerprint density at radius 2 is 2.33 bits per heavy atom. The first-order chi connectivity index (χ1) is 8.56. The number of benzene rings is 1. The minimum atomic E-state index is -0.885. The Bertz CT molecular complexity index is 472. The maximum atomic E-state index is 11.7. The fourth-order valence-electron chi connectivity index (χ4n) is 1.97. The van der Waals surface area contributed by atoms with Crippen LogP contribution in [0.25, 0.3) is 0 Å². The molecule has 1 heterocycles. The molecule has 1 fully saturated rings. The summed E-state index contributed by atoms with van der Waals surface area (Å²) in [6, 6.07) is 6.86. The topological polar surface area (TPSA) is 66.8 Å². The van der Waals surface area contributed by atoms with Crippen molar-refractivity contribution in [3.63, 3.8) is 0 Å². The van der Waals surface area contributed by atoms with Crippen molar-refractivity contribution in [1.29, 1.82) is 0 Å². The van der Waals surface area contributed by atoms with Crippen molar-refractivity contribution in [2.24, 2.45) is 0 Å². The van der Waals surface area contributed by atoms with Crippen molar-refractivity contribution in [1.82, 2.24) is 4.90 Å². The van der Waals surface area contributed by atoms with Gasteiger partial charge in [0.25, 0.3) is 5.91 Å². The van der Waals surface area contributed by atoms with Crippen LogP contribution < -0.4 is 4.74 Å². The number of aliphatic carboxylic acids is 1. The van der Waals surface area contributed by atoms with Crippen LogP contribution in [0.4, 0.5) is 0 Å². The highest BCUT2D eigenvalue weighted by Gasteiger charge is 2.30. The zero-order valence-electron chi connectivity index (χ0n) is 10.1. The lowest BCUT2D eigenvalue weighted by molar-refractivity contribution is -0.136. The minimum Gasteiger partial charge on any atom is -0.481 e. The van der Waals surface area contributed by atoms with Crippen LogP contribution in [0.1, 0.15) is 12.0 Å². The Labute approximate surface area is 105 Å². The molecule has 5 nitrogen and oxygen atoms in total. The van der Waals surface area contributed by atoms with Gasteiger partial charge in [-0.3, -0.25) is 9.59 Å². The number of carboxylic acid groups (broad SMARTS) is 1. The molecule has 0 radical (unpaired) electrons. The van der Waals surface area contributed by atoms with Gasteiger partial charge in [-0.2, -0.15) is 0 Å². The van der Waals surface area contributed by atoms with Crippen LogP contribution in [0.15, 0.2) is 24.3 Å². The summed E-state index contributed by atoms with van der Waals surface area (Å²) < 4.78 is 5.60. The lowest BCUT2D eigenvalue weighted by atomic mass is 10.1. The van der Waals surface area contributed by atoms with Crippen LogP contribution in [0, 0.1) is 0 Å². The first-order valence-corrected chi connectivity index (χ1v) is 5.78. The number of nitrogens with zero attached hydrogens (tertiary/aromatic N) is 1. The predicted molar refractivity (Wildman–Crippen MR) is 64.5 cm³/mol. The van der Waals surface area contributed by atoms with E-state index >= 15 is 0 Å². The van der Waals surface area contributed by atoms with Crippen LogP contribution in [0.5, 0.6) is 5.75 Å². The first kappa shape index (κ1) is 12.4. The van der Waals surface area contributed by atoms with E-state index < -0.39 is 12.1 Å². The van der Waals surface area contributed by atoms with E-state index in [0.29, 0.717) is 24.3 Å². The highest BCUT2D eigenvalue weighted by atomic mass is 16.5. The average Bonchev–Trinajstić information content (AvgIpc) is 2.61. The highest BCUT2D eigenvalue weighted by molar-refractivity contribution is 5.83. The van der Waals surface area contributed by atoms with E-state index in [-0.39, 0.29) is 12.3 Å². The van der Waals surface area contributed by atoms with Crippen molar-refractivity contribution < 1.29 is 19.4 Å². The molecular formula is C13H15NO4. The Morgan fingerprint density at radius 3 is 2.94 bits per heavy atom. The molecule has 0 spiro atoms. The summed E-state index contributed by atoms with van der Waals surface area (Å²) >= 11 is 0. The molecule has 1 aromatic rings. The first-order valence-electron chi connectivity index (χ1n) is 5.78. The summed E-state index contributed by atoms with van der Waals surface area (Å²) in [5, 5.41) is 8.72. The molecule has 18 heavy (non-hydrogen) atoms. The van der Waals surface area contributed by atoms with E-state index in [1.54, 1.807) is 36.2 Å². The monoisotopic (exact) mass is 249 g/mol. The van der Waals surface area contributed by atoms with Gasteiger partial charge < -0.3 is 14.7 Å². The summed E-state index contributed by atoms with van der Waals surface area (Å²) in [4.78, 5) is 23.9. The molecule has 1 unspecified atom stereocenters. The molecule has 1 saturated heterocycles. The van der Waals surface area contributed by atoms with Crippen molar-refractivity contribution >= 4 is 11.9 Å². The number of hydrogen-bond acceptors (Lipinski definition) is 3. The number of rotatable bonds is 4. The third-order valence-electron chi connectivity index (χ3n) is 2.91. The van der Waals surface area contributed by atoms with Gasteiger partial charge in [-0.15, -0.1) is 0 Å². The molecule has 0 aromatic heterocycles. The second-order valence-corrected chi connectivity index (χ2v) is 4.37.